The molecule has 2 aromatic rings. The van der Waals surface area contributed by atoms with Crippen LogP contribution in [0, 0.1) is 0 Å². The molecule has 0 spiro atoms. The van der Waals surface area contributed by atoms with Crippen LogP contribution < -0.4 is 16.0 Å². The summed E-state index contributed by atoms with van der Waals surface area (Å²) in [5, 5.41) is 3.97. The number of hydrogen-bond acceptors (Lipinski definition) is 7. The van der Waals surface area contributed by atoms with Gasteiger partial charge in [-0.3, -0.25) is 10.1 Å². The van der Waals surface area contributed by atoms with Crippen molar-refractivity contribution in [2.24, 2.45) is 5.84 Å². The molecule has 102 valence electrons. The number of nitrogens with zero attached hydrogens (tertiary/aromatic N) is 4. The van der Waals surface area contributed by atoms with Crippen LogP contribution in [0.2, 0.25) is 0 Å². The van der Waals surface area contributed by atoms with Crippen molar-refractivity contribution < 1.29 is 8.42 Å². The first-order chi connectivity index (χ1) is 9.12. The van der Waals surface area contributed by atoms with E-state index in [2.05, 4.69) is 25.2 Å². The Balaban J connectivity index is 1.97. The second-order valence-corrected chi connectivity index (χ2v) is 5.32. The third-order valence-corrected chi connectivity index (χ3v) is 3.68. The molecule has 4 N–H and O–H groups in total. The number of anilines is 1. The molecule has 0 atom stereocenters. The van der Waals surface area contributed by atoms with Crippen molar-refractivity contribution in [2.75, 3.05) is 12.0 Å². The molecule has 0 bridgehead atoms. The van der Waals surface area contributed by atoms with Gasteiger partial charge in [0.05, 0.1) is 18.9 Å². The lowest BCUT2D eigenvalue weighted by atomic mass is 10.6. The fourth-order valence-corrected chi connectivity index (χ4v) is 2.25. The SMILES string of the molecule is NNc1ncc(S(=O)(=O)NCCn2cccn2)cn1. The van der Waals surface area contributed by atoms with Gasteiger partial charge in [0.1, 0.15) is 4.90 Å². The maximum absolute atomic E-state index is 11.9. The molecule has 0 unspecified atom stereocenters. The van der Waals surface area contributed by atoms with Gasteiger partial charge in [0.15, 0.2) is 0 Å². The van der Waals surface area contributed by atoms with E-state index in [4.69, 9.17) is 5.84 Å². The highest BCUT2D eigenvalue weighted by molar-refractivity contribution is 7.89. The number of hydrogen-bond donors (Lipinski definition) is 3. The summed E-state index contributed by atoms with van der Waals surface area (Å²) in [5.41, 5.74) is 2.22. The fraction of sp³-hybridized carbons (Fsp3) is 0.222. The molecule has 10 heteroatoms. The summed E-state index contributed by atoms with van der Waals surface area (Å²) in [7, 11) is -3.62. The van der Waals surface area contributed by atoms with Gasteiger partial charge < -0.3 is 0 Å². The zero-order chi connectivity index (χ0) is 13.7. The first-order valence-corrected chi connectivity index (χ1v) is 6.86. The standard InChI is InChI=1S/C9H13N7O2S/c10-15-9-11-6-8(7-12-9)19(17,18)14-3-5-16-4-1-2-13-16/h1-2,4,6-7,14H,3,5,10H2,(H,11,12,15). The van der Waals surface area contributed by atoms with E-state index < -0.39 is 10.0 Å². The van der Waals surface area contributed by atoms with E-state index in [1.54, 1.807) is 23.1 Å². The quantitative estimate of drug-likeness (QED) is 0.455. The van der Waals surface area contributed by atoms with E-state index in [-0.39, 0.29) is 17.4 Å². The molecule has 0 saturated heterocycles. The number of rotatable bonds is 6. The third kappa shape index (κ3) is 3.47. The van der Waals surface area contributed by atoms with Crippen LogP contribution in [-0.4, -0.2) is 34.7 Å². The Kier molecular flexibility index (Phi) is 4.04. The number of sulfonamides is 1. The molecular weight excluding hydrogens is 270 g/mol. The predicted molar refractivity (Wildman–Crippen MR) is 67.3 cm³/mol. The number of hydrazine groups is 1. The highest BCUT2D eigenvalue weighted by Crippen LogP contribution is 2.06. The Morgan fingerprint density at radius 2 is 2.05 bits per heavy atom. The number of aromatic nitrogens is 4. The summed E-state index contributed by atoms with van der Waals surface area (Å²) in [6.07, 6.45) is 5.73. The van der Waals surface area contributed by atoms with Gasteiger partial charge in [-0.15, -0.1) is 0 Å². The van der Waals surface area contributed by atoms with Crippen LogP contribution in [0.1, 0.15) is 0 Å². The lowest BCUT2D eigenvalue weighted by Crippen LogP contribution is -2.28. The van der Waals surface area contributed by atoms with Crippen molar-refractivity contribution in [1.82, 2.24) is 24.5 Å². The van der Waals surface area contributed by atoms with Crippen LogP contribution in [0.25, 0.3) is 0 Å². The molecule has 0 aliphatic carbocycles. The molecule has 0 fully saturated rings. The lowest BCUT2D eigenvalue weighted by Gasteiger charge is -2.06. The van der Waals surface area contributed by atoms with Crippen molar-refractivity contribution in [3.05, 3.63) is 30.9 Å². The summed E-state index contributed by atoms with van der Waals surface area (Å²) in [6, 6.07) is 1.76. The molecule has 0 aliphatic rings. The molecular formula is C9H13N7O2S. The number of nitrogens with one attached hydrogen (secondary N) is 2. The molecule has 0 amide bonds. The molecule has 2 aromatic heterocycles. The topological polar surface area (TPSA) is 128 Å². The number of nitrogen functional groups attached to an aromatic ring is 1. The lowest BCUT2D eigenvalue weighted by molar-refractivity contribution is 0.560. The number of nitrogens with two attached hydrogens (primary N) is 1. The van der Waals surface area contributed by atoms with Crippen molar-refractivity contribution in [2.45, 2.75) is 11.4 Å². The van der Waals surface area contributed by atoms with Gasteiger partial charge in [-0.1, -0.05) is 0 Å². The van der Waals surface area contributed by atoms with E-state index in [0.29, 0.717) is 6.54 Å². The van der Waals surface area contributed by atoms with Crippen LogP contribution in [0.3, 0.4) is 0 Å². The largest absolute Gasteiger partial charge is 0.292 e. The first kappa shape index (κ1) is 13.4. The smallest absolute Gasteiger partial charge is 0.243 e. The monoisotopic (exact) mass is 283 g/mol. The van der Waals surface area contributed by atoms with Gasteiger partial charge in [0.25, 0.3) is 0 Å². The van der Waals surface area contributed by atoms with Gasteiger partial charge in [0.2, 0.25) is 16.0 Å². The minimum absolute atomic E-state index is 0.0213. The molecule has 2 rings (SSSR count). The fourth-order valence-electron chi connectivity index (χ4n) is 1.34. The minimum Gasteiger partial charge on any atom is -0.292 e. The van der Waals surface area contributed by atoms with E-state index >= 15 is 0 Å². The third-order valence-electron chi connectivity index (χ3n) is 2.26. The van der Waals surface area contributed by atoms with Gasteiger partial charge in [0, 0.05) is 18.9 Å². The maximum atomic E-state index is 11.9. The Bertz CT molecular complexity index is 609. The van der Waals surface area contributed by atoms with E-state index in [9.17, 15) is 8.42 Å². The second-order valence-electron chi connectivity index (χ2n) is 3.55. The van der Waals surface area contributed by atoms with E-state index in [1.807, 2.05) is 0 Å². The van der Waals surface area contributed by atoms with Gasteiger partial charge >= 0.3 is 0 Å². The Labute approximate surface area is 109 Å². The summed E-state index contributed by atoms with van der Waals surface area (Å²) < 4.78 is 27.8. The summed E-state index contributed by atoms with van der Waals surface area (Å²) in [5.74, 6) is 5.24. The average molecular weight is 283 g/mol. The molecule has 0 saturated carbocycles. The van der Waals surface area contributed by atoms with Crippen LogP contribution in [0.4, 0.5) is 5.95 Å². The van der Waals surface area contributed by atoms with Crippen molar-refractivity contribution in [3.63, 3.8) is 0 Å². The van der Waals surface area contributed by atoms with Crippen molar-refractivity contribution >= 4 is 16.0 Å². The van der Waals surface area contributed by atoms with Crippen LogP contribution >= 0.6 is 0 Å². The Hall–Kier alpha value is -2.04. The van der Waals surface area contributed by atoms with Gasteiger partial charge in [-0.2, -0.15) is 5.10 Å². The summed E-state index contributed by atoms with van der Waals surface area (Å²) in [6.45, 7) is 0.663. The van der Waals surface area contributed by atoms with Crippen LogP contribution in [-0.2, 0) is 16.6 Å². The Morgan fingerprint density at radius 3 is 2.63 bits per heavy atom. The highest BCUT2D eigenvalue weighted by Gasteiger charge is 2.14. The average Bonchev–Trinajstić information content (AvgIpc) is 2.92. The molecule has 19 heavy (non-hydrogen) atoms. The maximum Gasteiger partial charge on any atom is 0.243 e. The minimum atomic E-state index is -3.62. The molecule has 2 heterocycles. The molecule has 9 nitrogen and oxygen atoms in total. The van der Waals surface area contributed by atoms with Crippen LogP contribution in [0.15, 0.2) is 35.7 Å². The van der Waals surface area contributed by atoms with Crippen LogP contribution in [0.5, 0.6) is 0 Å². The Morgan fingerprint density at radius 1 is 1.32 bits per heavy atom. The first-order valence-electron chi connectivity index (χ1n) is 5.37. The normalized spacial score (nSPS) is 11.4. The van der Waals surface area contributed by atoms with Crippen molar-refractivity contribution in [1.29, 1.82) is 0 Å². The summed E-state index contributed by atoms with van der Waals surface area (Å²) in [4.78, 5) is 7.45. The predicted octanol–water partition coefficient (Wildman–Crippen LogP) is -1.06. The molecule has 0 aromatic carbocycles. The molecule has 0 aliphatic heterocycles. The second kappa shape index (κ2) is 5.73. The van der Waals surface area contributed by atoms with E-state index in [1.165, 1.54) is 12.4 Å². The molecule has 0 radical (unpaired) electrons. The van der Waals surface area contributed by atoms with Gasteiger partial charge in [-0.25, -0.2) is 29.0 Å². The zero-order valence-electron chi connectivity index (χ0n) is 9.89. The zero-order valence-corrected chi connectivity index (χ0v) is 10.7. The van der Waals surface area contributed by atoms with Crippen molar-refractivity contribution in [3.8, 4) is 0 Å². The highest BCUT2D eigenvalue weighted by atomic mass is 32.2. The van der Waals surface area contributed by atoms with Gasteiger partial charge in [-0.05, 0) is 6.07 Å². The van der Waals surface area contributed by atoms with E-state index in [0.717, 1.165) is 0 Å². The summed E-state index contributed by atoms with van der Waals surface area (Å²) >= 11 is 0.